The molecular formula is C12H16N4O2. The highest BCUT2D eigenvalue weighted by molar-refractivity contribution is 5.77. The van der Waals surface area contributed by atoms with Crippen molar-refractivity contribution in [1.82, 2.24) is 19.9 Å². The third-order valence-corrected chi connectivity index (χ3v) is 3.57. The highest BCUT2D eigenvalue weighted by atomic mass is 16.3. The van der Waals surface area contributed by atoms with Gasteiger partial charge in [0, 0.05) is 31.5 Å². The third-order valence-electron chi connectivity index (χ3n) is 3.57. The van der Waals surface area contributed by atoms with Crippen molar-refractivity contribution < 1.29 is 5.11 Å². The van der Waals surface area contributed by atoms with Crippen LogP contribution in [0.4, 0.5) is 0 Å². The molecular weight excluding hydrogens is 232 g/mol. The van der Waals surface area contributed by atoms with Crippen molar-refractivity contribution in [3.8, 4) is 0 Å². The van der Waals surface area contributed by atoms with E-state index in [2.05, 4.69) is 19.9 Å². The van der Waals surface area contributed by atoms with Crippen molar-refractivity contribution in [2.45, 2.75) is 13.0 Å². The zero-order chi connectivity index (χ0) is 12.5. The number of aromatic nitrogens is 3. The smallest absolute Gasteiger partial charge is 0.275 e. The van der Waals surface area contributed by atoms with Gasteiger partial charge in [-0.2, -0.15) is 0 Å². The number of fused-ring (bicyclic) bond motifs is 1. The molecule has 0 aromatic carbocycles. The van der Waals surface area contributed by atoms with Gasteiger partial charge in [-0.05, 0) is 18.9 Å². The second kappa shape index (κ2) is 4.55. The van der Waals surface area contributed by atoms with Gasteiger partial charge in [0.15, 0.2) is 0 Å². The van der Waals surface area contributed by atoms with Crippen molar-refractivity contribution >= 4 is 11.0 Å². The van der Waals surface area contributed by atoms with Gasteiger partial charge in [0.1, 0.15) is 5.52 Å². The Morgan fingerprint density at radius 3 is 3.17 bits per heavy atom. The van der Waals surface area contributed by atoms with Gasteiger partial charge < -0.3 is 15.1 Å². The maximum Gasteiger partial charge on any atom is 0.275 e. The molecule has 6 heteroatoms. The molecule has 1 fully saturated rings. The van der Waals surface area contributed by atoms with Gasteiger partial charge in [-0.1, -0.05) is 0 Å². The number of rotatable bonds is 3. The standard InChI is InChI=1S/C12H16N4O2/c17-6-8-1-2-16(4-8)5-9-3-13-11-10(9)14-7-15-12(11)18/h3,7-8,13,17H,1-2,4-6H2,(H,14,15,18). The molecule has 0 bridgehead atoms. The van der Waals surface area contributed by atoms with E-state index in [0.29, 0.717) is 11.4 Å². The molecule has 1 aliphatic rings. The number of hydrogen-bond acceptors (Lipinski definition) is 4. The van der Waals surface area contributed by atoms with E-state index in [4.69, 9.17) is 5.11 Å². The zero-order valence-corrected chi connectivity index (χ0v) is 10.0. The topological polar surface area (TPSA) is 85.0 Å². The first-order valence-electron chi connectivity index (χ1n) is 6.15. The zero-order valence-electron chi connectivity index (χ0n) is 10.0. The van der Waals surface area contributed by atoms with Crippen LogP contribution in [0.2, 0.25) is 0 Å². The van der Waals surface area contributed by atoms with Crippen molar-refractivity contribution in [3.05, 3.63) is 28.4 Å². The lowest BCUT2D eigenvalue weighted by Crippen LogP contribution is -2.21. The highest BCUT2D eigenvalue weighted by Crippen LogP contribution is 2.20. The summed E-state index contributed by atoms with van der Waals surface area (Å²) < 4.78 is 0. The van der Waals surface area contributed by atoms with Gasteiger partial charge >= 0.3 is 0 Å². The molecule has 2 aromatic rings. The molecule has 96 valence electrons. The van der Waals surface area contributed by atoms with Crippen LogP contribution in [-0.2, 0) is 6.54 Å². The van der Waals surface area contributed by atoms with Crippen LogP contribution < -0.4 is 5.56 Å². The summed E-state index contributed by atoms with van der Waals surface area (Å²) in [5.41, 5.74) is 2.17. The first-order chi connectivity index (χ1) is 8.78. The summed E-state index contributed by atoms with van der Waals surface area (Å²) in [5, 5.41) is 9.13. The maximum atomic E-state index is 11.6. The van der Waals surface area contributed by atoms with Crippen LogP contribution in [0.5, 0.6) is 0 Å². The fourth-order valence-electron chi connectivity index (χ4n) is 2.57. The summed E-state index contributed by atoms with van der Waals surface area (Å²) in [6.45, 7) is 2.92. The minimum Gasteiger partial charge on any atom is -0.396 e. The number of nitrogens with zero attached hydrogens (tertiary/aromatic N) is 2. The number of nitrogens with one attached hydrogen (secondary N) is 2. The molecule has 1 aliphatic heterocycles. The summed E-state index contributed by atoms with van der Waals surface area (Å²) in [5.74, 6) is 0.381. The molecule has 0 saturated carbocycles. The molecule has 3 heterocycles. The van der Waals surface area contributed by atoms with Gasteiger partial charge in [0.05, 0.1) is 11.8 Å². The average molecular weight is 248 g/mol. The van der Waals surface area contributed by atoms with Crippen LogP contribution in [0.1, 0.15) is 12.0 Å². The molecule has 0 aliphatic carbocycles. The Morgan fingerprint density at radius 1 is 1.50 bits per heavy atom. The Kier molecular flexibility index (Phi) is 2.89. The number of H-pyrrole nitrogens is 2. The van der Waals surface area contributed by atoms with E-state index in [-0.39, 0.29) is 12.2 Å². The molecule has 18 heavy (non-hydrogen) atoms. The molecule has 0 amide bonds. The summed E-state index contributed by atoms with van der Waals surface area (Å²) in [7, 11) is 0. The van der Waals surface area contributed by atoms with E-state index in [1.165, 1.54) is 6.33 Å². The molecule has 1 saturated heterocycles. The van der Waals surface area contributed by atoms with E-state index in [1.807, 2.05) is 6.20 Å². The molecule has 3 N–H and O–H groups in total. The molecule has 6 nitrogen and oxygen atoms in total. The lowest BCUT2D eigenvalue weighted by atomic mass is 10.1. The quantitative estimate of drug-likeness (QED) is 0.717. The normalized spacial score (nSPS) is 20.8. The van der Waals surface area contributed by atoms with E-state index >= 15 is 0 Å². The third kappa shape index (κ3) is 1.93. The summed E-state index contributed by atoms with van der Waals surface area (Å²) in [6.07, 6.45) is 4.31. The minimum atomic E-state index is -0.138. The van der Waals surface area contributed by atoms with Crippen LogP contribution in [0.15, 0.2) is 17.3 Å². The second-order valence-corrected chi connectivity index (χ2v) is 4.84. The number of aliphatic hydroxyl groups is 1. The number of aliphatic hydroxyl groups excluding tert-OH is 1. The summed E-state index contributed by atoms with van der Waals surface area (Å²) in [4.78, 5) is 23.6. The number of likely N-dealkylation sites (tertiary alicyclic amines) is 1. The van der Waals surface area contributed by atoms with Crippen LogP contribution >= 0.6 is 0 Å². The first kappa shape index (κ1) is 11.4. The van der Waals surface area contributed by atoms with Crippen molar-refractivity contribution in [1.29, 1.82) is 0 Å². The highest BCUT2D eigenvalue weighted by Gasteiger charge is 2.22. The van der Waals surface area contributed by atoms with E-state index in [0.717, 1.165) is 37.1 Å². The predicted molar refractivity (Wildman–Crippen MR) is 67.2 cm³/mol. The van der Waals surface area contributed by atoms with E-state index in [9.17, 15) is 4.79 Å². The van der Waals surface area contributed by atoms with Crippen LogP contribution in [0.3, 0.4) is 0 Å². The number of aromatic amines is 2. The molecule has 0 spiro atoms. The van der Waals surface area contributed by atoms with Gasteiger partial charge in [0.2, 0.25) is 0 Å². The molecule has 1 atom stereocenters. The Hall–Kier alpha value is -1.66. The van der Waals surface area contributed by atoms with E-state index < -0.39 is 0 Å². The average Bonchev–Trinajstić information content (AvgIpc) is 2.98. The van der Waals surface area contributed by atoms with Crippen LogP contribution in [0, 0.1) is 5.92 Å². The van der Waals surface area contributed by atoms with Gasteiger partial charge in [-0.15, -0.1) is 0 Å². The lowest BCUT2D eigenvalue weighted by molar-refractivity contribution is 0.220. The van der Waals surface area contributed by atoms with Crippen molar-refractivity contribution in [2.24, 2.45) is 5.92 Å². The molecule has 1 unspecified atom stereocenters. The molecule has 0 radical (unpaired) electrons. The van der Waals surface area contributed by atoms with E-state index in [1.54, 1.807) is 0 Å². The summed E-state index contributed by atoms with van der Waals surface area (Å²) >= 11 is 0. The van der Waals surface area contributed by atoms with Gasteiger partial charge in [-0.25, -0.2) is 4.98 Å². The lowest BCUT2D eigenvalue weighted by Gasteiger charge is -2.14. The predicted octanol–water partition coefficient (Wildman–Crippen LogP) is 0.0654. The van der Waals surface area contributed by atoms with Crippen molar-refractivity contribution in [3.63, 3.8) is 0 Å². The van der Waals surface area contributed by atoms with Crippen LogP contribution in [0.25, 0.3) is 11.0 Å². The van der Waals surface area contributed by atoms with Crippen LogP contribution in [-0.4, -0.2) is 44.7 Å². The minimum absolute atomic E-state index is 0.138. The Morgan fingerprint density at radius 2 is 2.39 bits per heavy atom. The number of hydrogen-bond donors (Lipinski definition) is 3. The van der Waals surface area contributed by atoms with Gasteiger partial charge in [-0.3, -0.25) is 9.69 Å². The Bertz CT molecular complexity index is 603. The van der Waals surface area contributed by atoms with Gasteiger partial charge in [0.25, 0.3) is 5.56 Å². The molecule has 2 aromatic heterocycles. The SMILES string of the molecule is O=c1[nH]cnc2c(CN3CCC(CO)C3)c[nH]c12. The molecule has 3 rings (SSSR count). The fourth-order valence-corrected chi connectivity index (χ4v) is 2.57. The Balaban J connectivity index is 1.83. The maximum absolute atomic E-state index is 11.6. The second-order valence-electron chi connectivity index (χ2n) is 4.84. The van der Waals surface area contributed by atoms with Crippen molar-refractivity contribution in [2.75, 3.05) is 19.7 Å². The monoisotopic (exact) mass is 248 g/mol. The summed E-state index contributed by atoms with van der Waals surface area (Å²) in [6, 6.07) is 0. The first-order valence-corrected chi connectivity index (χ1v) is 6.15. The Labute approximate surface area is 104 Å². The fraction of sp³-hybridized carbons (Fsp3) is 0.500. The largest absolute Gasteiger partial charge is 0.396 e.